The minimum absolute atomic E-state index is 0.00430. The maximum Gasteiger partial charge on any atom is 0.407 e. The lowest BCUT2D eigenvalue weighted by molar-refractivity contribution is -0.769. The predicted octanol–water partition coefficient (Wildman–Crippen LogP) is 1.33. The summed E-state index contributed by atoms with van der Waals surface area (Å²) in [5.74, 6) is 0. The van der Waals surface area contributed by atoms with Crippen LogP contribution in [0.2, 0.25) is 0 Å². The number of rotatable bonds is 4. The average molecular weight is 301 g/mol. The fourth-order valence-corrected chi connectivity index (χ4v) is 2.89. The van der Waals surface area contributed by atoms with E-state index in [-0.39, 0.29) is 24.3 Å². The van der Waals surface area contributed by atoms with Crippen molar-refractivity contribution in [3.63, 3.8) is 0 Å². The van der Waals surface area contributed by atoms with Gasteiger partial charge in [0.25, 0.3) is 5.09 Å². The van der Waals surface area contributed by atoms with Gasteiger partial charge in [0.05, 0.1) is 0 Å². The summed E-state index contributed by atoms with van der Waals surface area (Å²) >= 11 is 0. The maximum atomic E-state index is 11.8. The third kappa shape index (κ3) is 5.37. The highest BCUT2D eigenvalue weighted by atomic mass is 17.0. The molecule has 21 heavy (non-hydrogen) atoms. The van der Waals surface area contributed by atoms with Gasteiger partial charge in [0.1, 0.15) is 12.2 Å². The van der Waals surface area contributed by atoms with Crippen LogP contribution in [0.3, 0.4) is 0 Å². The molecule has 0 radical (unpaired) electrons. The summed E-state index contributed by atoms with van der Waals surface area (Å²) in [7, 11) is 2.06. The number of nitrogens with one attached hydrogen (secondary N) is 1. The van der Waals surface area contributed by atoms with Crippen LogP contribution in [0.25, 0.3) is 0 Å². The van der Waals surface area contributed by atoms with Crippen molar-refractivity contribution in [1.82, 2.24) is 10.2 Å². The second-order valence-corrected chi connectivity index (χ2v) is 5.85. The van der Waals surface area contributed by atoms with Crippen LogP contribution in [0.1, 0.15) is 38.5 Å². The highest BCUT2D eigenvalue weighted by Crippen LogP contribution is 2.21. The Labute approximate surface area is 123 Å². The summed E-state index contributed by atoms with van der Waals surface area (Å²) < 4.78 is 5.42. The minimum Gasteiger partial charge on any atom is -0.446 e. The zero-order valence-electron chi connectivity index (χ0n) is 12.3. The van der Waals surface area contributed by atoms with E-state index in [2.05, 4.69) is 22.1 Å². The number of carbonyl (C=O) groups excluding carboxylic acids is 1. The van der Waals surface area contributed by atoms with Crippen LogP contribution in [0.15, 0.2) is 0 Å². The third-order valence-corrected chi connectivity index (χ3v) is 4.17. The molecular formula is C13H23N3O5. The Kier molecular flexibility index (Phi) is 5.60. The van der Waals surface area contributed by atoms with Crippen LogP contribution in [0, 0.1) is 10.1 Å². The molecular weight excluding hydrogens is 278 g/mol. The van der Waals surface area contributed by atoms with Crippen LogP contribution in [0.5, 0.6) is 0 Å². The summed E-state index contributed by atoms with van der Waals surface area (Å²) in [4.78, 5) is 28.9. The summed E-state index contributed by atoms with van der Waals surface area (Å²) in [5, 5.41) is 12.4. The number of ether oxygens (including phenoxy) is 1. The Bertz CT molecular complexity index is 363. The van der Waals surface area contributed by atoms with Gasteiger partial charge in [0.2, 0.25) is 0 Å². The molecule has 0 bridgehead atoms. The van der Waals surface area contributed by atoms with E-state index in [9.17, 15) is 14.9 Å². The zero-order valence-corrected chi connectivity index (χ0v) is 12.3. The van der Waals surface area contributed by atoms with Gasteiger partial charge in [0, 0.05) is 19.1 Å². The van der Waals surface area contributed by atoms with Gasteiger partial charge >= 0.3 is 6.09 Å². The summed E-state index contributed by atoms with van der Waals surface area (Å²) in [6.07, 6.45) is 3.55. The van der Waals surface area contributed by atoms with E-state index in [4.69, 9.17) is 4.74 Å². The molecule has 1 heterocycles. The van der Waals surface area contributed by atoms with Crippen LogP contribution in [-0.4, -0.2) is 54.5 Å². The summed E-state index contributed by atoms with van der Waals surface area (Å²) in [5.41, 5.74) is 0. The number of nitrogens with zero attached hydrogens (tertiary/aromatic N) is 2. The number of likely N-dealkylation sites (tertiary alicyclic amines) is 1. The molecule has 1 saturated heterocycles. The number of piperidine rings is 1. The predicted molar refractivity (Wildman–Crippen MR) is 74.3 cm³/mol. The first-order chi connectivity index (χ1) is 10.0. The Morgan fingerprint density at radius 1 is 1.14 bits per heavy atom. The van der Waals surface area contributed by atoms with Gasteiger partial charge in [-0.15, -0.1) is 10.1 Å². The quantitative estimate of drug-likeness (QED) is 0.622. The second kappa shape index (κ2) is 7.44. The number of amides is 1. The number of alkyl carbamates (subject to hydrolysis) is 1. The normalized spacial score (nSPS) is 27.9. The van der Waals surface area contributed by atoms with E-state index in [0.717, 1.165) is 25.9 Å². The van der Waals surface area contributed by atoms with Gasteiger partial charge in [-0.3, -0.25) is 0 Å². The third-order valence-electron chi connectivity index (χ3n) is 4.17. The fourth-order valence-electron chi connectivity index (χ4n) is 2.89. The first kappa shape index (κ1) is 15.8. The van der Waals surface area contributed by atoms with E-state index in [1.165, 1.54) is 0 Å². The molecule has 2 fully saturated rings. The fraction of sp³-hybridized carbons (Fsp3) is 0.923. The first-order valence-electron chi connectivity index (χ1n) is 7.50. The van der Waals surface area contributed by atoms with E-state index < -0.39 is 5.09 Å². The number of hydrogen-bond donors (Lipinski definition) is 1. The lowest BCUT2D eigenvalue weighted by atomic mass is 9.93. The summed E-state index contributed by atoms with van der Waals surface area (Å²) in [6.45, 7) is 1.89. The molecule has 1 N–H and O–H groups in total. The molecule has 8 nitrogen and oxygen atoms in total. The van der Waals surface area contributed by atoms with Crippen molar-refractivity contribution in [1.29, 1.82) is 0 Å². The molecule has 0 aromatic carbocycles. The van der Waals surface area contributed by atoms with Gasteiger partial charge in [-0.1, -0.05) is 0 Å². The van der Waals surface area contributed by atoms with Gasteiger partial charge in [-0.05, 0) is 45.6 Å². The Morgan fingerprint density at radius 2 is 1.76 bits per heavy atom. The van der Waals surface area contributed by atoms with Gasteiger partial charge in [-0.2, -0.15) is 0 Å². The molecule has 1 saturated carbocycles. The Balaban J connectivity index is 1.64. The lowest BCUT2D eigenvalue weighted by Crippen LogP contribution is -2.42. The second-order valence-electron chi connectivity index (χ2n) is 5.85. The highest BCUT2D eigenvalue weighted by Gasteiger charge is 2.26. The van der Waals surface area contributed by atoms with Crippen molar-refractivity contribution in [3.8, 4) is 0 Å². The summed E-state index contributed by atoms with van der Waals surface area (Å²) in [6, 6.07) is 0.0235. The van der Waals surface area contributed by atoms with E-state index in [1.807, 2.05) is 0 Å². The SMILES string of the molecule is CN1CCC(OC(=O)N[C@H]2CC[C@@H](O[N+](=O)[O-])CC2)CC1. The van der Waals surface area contributed by atoms with Crippen LogP contribution >= 0.6 is 0 Å². The number of carbonyl (C=O) groups is 1. The average Bonchev–Trinajstić information content (AvgIpc) is 2.43. The molecule has 1 aliphatic carbocycles. The topological polar surface area (TPSA) is 93.9 Å². The van der Waals surface area contributed by atoms with Gasteiger partial charge in [0.15, 0.2) is 0 Å². The monoisotopic (exact) mass is 301 g/mol. The molecule has 2 aliphatic rings. The molecule has 0 aromatic heterocycles. The maximum absolute atomic E-state index is 11.8. The molecule has 0 unspecified atom stereocenters. The largest absolute Gasteiger partial charge is 0.446 e. The first-order valence-corrected chi connectivity index (χ1v) is 7.50. The van der Waals surface area contributed by atoms with Crippen LogP contribution in [-0.2, 0) is 9.57 Å². The zero-order chi connectivity index (χ0) is 15.2. The molecule has 1 aliphatic heterocycles. The molecule has 8 heteroatoms. The van der Waals surface area contributed by atoms with Crippen LogP contribution < -0.4 is 5.32 Å². The van der Waals surface area contributed by atoms with E-state index in [1.54, 1.807) is 0 Å². The standard InChI is InChI=1S/C13H23N3O5/c1-15-8-6-11(7-9-15)20-13(17)14-10-2-4-12(5-3-10)21-16(18)19/h10-12H,2-9H2,1H3,(H,14,17)/t10-,12+. The minimum atomic E-state index is -0.743. The van der Waals surface area contributed by atoms with Crippen molar-refractivity contribution >= 4 is 6.09 Å². The van der Waals surface area contributed by atoms with Gasteiger partial charge in [-0.25, -0.2) is 4.79 Å². The number of hydrogen-bond acceptors (Lipinski definition) is 6. The van der Waals surface area contributed by atoms with Crippen LogP contribution in [0.4, 0.5) is 4.79 Å². The van der Waals surface area contributed by atoms with Crippen molar-refractivity contribution in [2.75, 3.05) is 20.1 Å². The van der Waals surface area contributed by atoms with Gasteiger partial charge < -0.3 is 19.8 Å². The van der Waals surface area contributed by atoms with Crippen molar-refractivity contribution < 1.29 is 19.5 Å². The van der Waals surface area contributed by atoms with Crippen molar-refractivity contribution in [3.05, 3.63) is 10.1 Å². The molecule has 2 rings (SSSR count). The lowest BCUT2D eigenvalue weighted by Gasteiger charge is -2.30. The molecule has 0 atom stereocenters. The smallest absolute Gasteiger partial charge is 0.407 e. The van der Waals surface area contributed by atoms with Crippen molar-refractivity contribution in [2.24, 2.45) is 0 Å². The molecule has 1 amide bonds. The van der Waals surface area contributed by atoms with Crippen molar-refractivity contribution in [2.45, 2.75) is 56.8 Å². The van der Waals surface area contributed by atoms with E-state index in [0.29, 0.717) is 25.7 Å². The Hall–Kier alpha value is -1.57. The molecule has 0 spiro atoms. The Morgan fingerprint density at radius 3 is 2.33 bits per heavy atom. The molecule has 120 valence electrons. The highest BCUT2D eigenvalue weighted by molar-refractivity contribution is 5.67. The van der Waals surface area contributed by atoms with E-state index >= 15 is 0 Å². The molecule has 0 aromatic rings.